The second-order valence-corrected chi connectivity index (χ2v) is 4.47. The molecule has 0 aliphatic carbocycles. The summed E-state index contributed by atoms with van der Waals surface area (Å²) in [6, 6.07) is 7.28. The number of pyridine rings is 1. The Morgan fingerprint density at radius 2 is 2.18 bits per heavy atom. The summed E-state index contributed by atoms with van der Waals surface area (Å²) in [4.78, 5) is 16.1. The number of amides is 1. The summed E-state index contributed by atoms with van der Waals surface area (Å²) < 4.78 is 2.47. The number of halogens is 1. The predicted molar refractivity (Wildman–Crippen MR) is 70.0 cm³/mol. The van der Waals surface area contributed by atoms with Gasteiger partial charge in [0.1, 0.15) is 10.3 Å². The van der Waals surface area contributed by atoms with E-state index in [-0.39, 0.29) is 5.91 Å². The van der Waals surface area contributed by atoms with Crippen molar-refractivity contribution in [3.05, 3.63) is 46.5 Å². The van der Waals surface area contributed by atoms with Crippen LogP contribution in [0.15, 0.2) is 35.1 Å². The van der Waals surface area contributed by atoms with Gasteiger partial charge in [-0.2, -0.15) is 0 Å². The number of hydrogen-bond donors (Lipinski definition) is 1. The molecule has 0 saturated carbocycles. The molecule has 4 nitrogen and oxygen atoms in total. The van der Waals surface area contributed by atoms with Crippen molar-refractivity contribution in [3.63, 3.8) is 0 Å². The molecule has 0 aliphatic rings. The summed E-state index contributed by atoms with van der Waals surface area (Å²) in [5.74, 6) is -0.144. The number of rotatable bonds is 2. The Bertz CT molecular complexity index is 563. The number of aryl methyl sites for hydroxylation is 1. The molecule has 1 amide bonds. The molecule has 0 saturated heterocycles. The molecule has 2 aromatic heterocycles. The third kappa shape index (κ3) is 2.39. The molecule has 0 radical (unpaired) electrons. The van der Waals surface area contributed by atoms with Crippen LogP contribution in [-0.2, 0) is 7.05 Å². The maximum absolute atomic E-state index is 12.0. The fourth-order valence-electron chi connectivity index (χ4n) is 1.51. The van der Waals surface area contributed by atoms with Crippen molar-refractivity contribution in [1.82, 2.24) is 9.55 Å². The zero-order valence-electron chi connectivity index (χ0n) is 9.57. The number of nitrogens with zero attached hydrogens (tertiary/aromatic N) is 2. The van der Waals surface area contributed by atoms with Gasteiger partial charge in [0.05, 0.1) is 5.69 Å². The molecule has 0 unspecified atom stereocenters. The minimum absolute atomic E-state index is 0.144. The molecule has 5 heteroatoms. The first-order valence-electron chi connectivity index (χ1n) is 5.14. The summed E-state index contributed by atoms with van der Waals surface area (Å²) in [5.41, 5.74) is 2.33. The van der Waals surface area contributed by atoms with E-state index in [4.69, 9.17) is 0 Å². The lowest BCUT2D eigenvalue weighted by atomic mass is 10.3. The van der Waals surface area contributed by atoms with Gasteiger partial charge < -0.3 is 9.88 Å². The Hall–Kier alpha value is -1.62. The summed E-state index contributed by atoms with van der Waals surface area (Å²) in [7, 11) is 1.86. The van der Waals surface area contributed by atoms with E-state index in [1.807, 2.05) is 24.6 Å². The topological polar surface area (TPSA) is 46.9 Å². The fourth-order valence-corrected chi connectivity index (χ4v) is 1.86. The first kappa shape index (κ1) is 11.9. The zero-order chi connectivity index (χ0) is 12.4. The van der Waals surface area contributed by atoms with E-state index in [2.05, 4.69) is 26.2 Å². The van der Waals surface area contributed by atoms with Gasteiger partial charge >= 0.3 is 0 Å². The van der Waals surface area contributed by atoms with Crippen molar-refractivity contribution < 1.29 is 4.79 Å². The molecule has 2 heterocycles. The lowest BCUT2D eigenvalue weighted by Gasteiger charge is -2.07. The highest BCUT2D eigenvalue weighted by Crippen LogP contribution is 2.19. The number of hydrogen-bond acceptors (Lipinski definition) is 2. The molecule has 0 fully saturated rings. The molecule has 0 bridgehead atoms. The van der Waals surface area contributed by atoms with Gasteiger partial charge in [-0.1, -0.05) is 0 Å². The van der Waals surface area contributed by atoms with Gasteiger partial charge in [0.25, 0.3) is 5.91 Å². The normalized spacial score (nSPS) is 10.3. The van der Waals surface area contributed by atoms with Crippen molar-refractivity contribution in [2.45, 2.75) is 6.92 Å². The Labute approximate surface area is 108 Å². The van der Waals surface area contributed by atoms with E-state index >= 15 is 0 Å². The fraction of sp³-hybridized carbons (Fsp3) is 0.167. The Kier molecular flexibility index (Phi) is 3.28. The number of anilines is 1. The molecule has 88 valence electrons. The molecule has 0 aromatic carbocycles. The van der Waals surface area contributed by atoms with Gasteiger partial charge in [0, 0.05) is 18.9 Å². The average Bonchev–Trinajstić information content (AvgIpc) is 2.63. The first-order valence-corrected chi connectivity index (χ1v) is 5.93. The molecular formula is C12H12BrN3O. The van der Waals surface area contributed by atoms with Gasteiger partial charge in [-0.05, 0) is 47.1 Å². The number of carbonyl (C=O) groups excluding carboxylic acids is 1. The zero-order valence-corrected chi connectivity index (χ0v) is 11.2. The van der Waals surface area contributed by atoms with E-state index in [1.54, 1.807) is 24.4 Å². The van der Waals surface area contributed by atoms with Crippen LogP contribution in [0.3, 0.4) is 0 Å². The quantitative estimate of drug-likeness (QED) is 0.866. The van der Waals surface area contributed by atoms with Crippen molar-refractivity contribution in [2.24, 2.45) is 7.05 Å². The minimum Gasteiger partial charge on any atom is -0.344 e. The summed E-state index contributed by atoms with van der Waals surface area (Å²) in [6.07, 6.45) is 1.66. The number of carbonyl (C=O) groups is 1. The lowest BCUT2D eigenvalue weighted by Crippen LogP contribution is -2.16. The number of nitrogens with one attached hydrogen (secondary N) is 1. The second kappa shape index (κ2) is 4.71. The highest BCUT2D eigenvalue weighted by Gasteiger charge is 2.12. The van der Waals surface area contributed by atoms with E-state index in [1.165, 1.54) is 0 Å². The van der Waals surface area contributed by atoms with Crippen LogP contribution >= 0.6 is 15.9 Å². The highest BCUT2D eigenvalue weighted by molar-refractivity contribution is 9.10. The summed E-state index contributed by atoms with van der Waals surface area (Å²) in [6.45, 7) is 1.96. The first-order chi connectivity index (χ1) is 8.09. The molecule has 17 heavy (non-hydrogen) atoms. The molecule has 1 N–H and O–H groups in total. The van der Waals surface area contributed by atoms with E-state index < -0.39 is 0 Å². The summed E-state index contributed by atoms with van der Waals surface area (Å²) in [5, 5.41) is 2.81. The van der Waals surface area contributed by atoms with Crippen LogP contribution < -0.4 is 5.32 Å². The monoisotopic (exact) mass is 293 g/mol. The minimum atomic E-state index is -0.144. The predicted octanol–water partition coefficient (Wildman–Crippen LogP) is 2.74. The van der Waals surface area contributed by atoms with Crippen LogP contribution in [-0.4, -0.2) is 15.5 Å². The third-order valence-electron chi connectivity index (χ3n) is 2.61. The average molecular weight is 294 g/mol. The van der Waals surface area contributed by atoms with Crippen molar-refractivity contribution in [3.8, 4) is 0 Å². The van der Waals surface area contributed by atoms with E-state index in [0.717, 1.165) is 5.69 Å². The Morgan fingerprint density at radius 3 is 2.76 bits per heavy atom. The van der Waals surface area contributed by atoms with Crippen molar-refractivity contribution in [1.29, 1.82) is 0 Å². The van der Waals surface area contributed by atoms with Crippen molar-refractivity contribution >= 4 is 27.5 Å². The third-order valence-corrected chi connectivity index (χ3v) is 3.24. The SMILES string of the molecule is Cc1ccc(C(=O)Nc2cccnc2Br)n1C. The standard InChI is InChI=1S/C12H12BrN3O/c1-8-5-6-10(16(8)2)12(17)15-9-4-3-7-14-11(9)13/h3-7H,1-2H3,(H,15,17). The van der Waals surface area contributed by atoms with Gasteiger partial charge in [-0.15, -0.1) is 0 Å². The molecule has 0 aliphatic heterocycles. The van der Waals surface area contributed by atoms with Crippen LogP contribution in [0.2, 0.25) is 0 Å². The number of aromatic nitrogens is 2. The van der Waals surface area contributed by atoms with Crippen LogP contribution in [0, 0.1) is 6.92 Å². The molecule has 2 rings (SSSR count). The van der Waals surface area contributed by atoms with E-state index in [9.17, 15) is 4.79 Å². The van der Waals surface area contributed by atoms with E-state index in [0.29, 0.717) is 16.0 Å². The maximum Gasteiger partial charge on any atom is 0.272 e. The maximum atomic E-state index is 12.0. The largest absolute Gasteiger partial charge is 0.344 e. The van der Waals surface area contributed by atoms with Crippen LogP contribution in [0.1, 0.15) is 16.2 Å². The lowest BCUT2D eigenvalue weighted by molar-refractivity contribution is 0.101. The van der Waals surface area contributed by atoms with Gasteiger partial charge in [0.15, 0.2) is 0 Å². The van der Waals surface area contributed by atoms with Crippen LogP contribution in [0.25, 0.3) is 0 Å². The van der Waals surface area contributed by atoms with Crippen molar-refractivity contribution in [2.75, 3.05) is 5.32 Å². The second-order valence-electron chi connectivity index (χ2n) is 3.71. The van der Waals surface area contributed by atoms with Crippen LogP contribution in [0.5, 0.6) is 0 Å². The Balaban J connectivity index is 2.23. The molecular weight excluding hydrogens is 282 g/mol. The van der Waals surface area contributed by atoms with Gasteiger partial charge in [-0.3, -0.25) is 4.79 Å². The van der Waals surface area contributed by atoms with Gasteiger partial charge in [-0.25, -0.2) is 4.98 Å². The molecule has 0 spiro atoms. The van der Waals surface area contributed by atoms with Crippen LogP contribution in [0.4, 0.5) is 5.69 Å². The Morgan fingerprint density at radius 1 is 1.41 bits per heavy atom. The summed E-state index contributed by atoms with van der Waals surface area (Å²) >= 11 is 3.29. The van der Waals surface area contributed by atoms with Gasteiger partial charge in [0.2, 0.25) is 0 Å². The molecule has 0 atom stereocenters. The smallest absolute Gasteiger partial charge is 0.272 e. The highest BCUT2D eigenvalue weighted by atomic mass is 79.9. The molecule has 2 aromatic rings.